The lowest BCUT2D eigenvalue weighted by molar-refractivity contribution is -0.109. The van der Waals surface area contributed by atoms with E-state index in [-0.39, 0.29) is 0 Å². The molecule has 0 saturated heterocycles. The van der Waals surface area contributed by atoms with Crippen molar-refractivity contribution in [3.8, 4) is 0 Å². The highest BCUT2D eigenvalue weighted by molar-refractivity contribution is 5.84. The van der Waals surface area contributed by atoms with Crippen LogP contribution in [0.1, 0.15) is 16.7 Å². The number of rotatable bonds is 7. The molecule has 0 bridgehead atoms. The molecule has 1 heterocycles. The van der Waals surface area contributed by atoms with Crippen molar-refractivity contribution in [3.05, 3.63) is 71.4 Å². The molecule has 2 N–H and O–H groups in total. The smallest absolute Gasteiger partial charge is 0.207 e. The van der Waals surface area contributed by atoms with Gasteiger partial charge in [0, 0.05) is 36.4 Å². The molecule has 3 aromatic rings. The van der Waals surface area contributed by atoms with Crippen LogP contribution in [-0.4, -0.2) is 24.2 Å². The van der Waals surface area contributed by atoms with Gasteiger partial charge < -0.3 is 10.3 Å². The van der Waals surface area contributed by atoms with Crippen LogP contribution in [0, 0.1) is 0 Å². The van der Waals surface area contributed by atoms with E-state index in [1.165, 1.54) is 10.9 Å². The van der Waals surface area contributed by atoms with Crippen LogP contribution in [0.4, 0.5) is 0 Å². The van der Waals surface area contributed by atoms with Crippen LogP contribution >= 0.6 is 0 Å². The van der Waals surface area contributed by atoms with Gasteiger partial charge in [-0.25, -0.2) is 0 Å². The second-order valence-corrected chi connectivity index (χ2v) is 5.39. The van der Waals surface area contributed by atoms with Crippen molar-refractivity contribution in [2.45, 2.75) is 13.0 Å². The number of amides is 1. The zero-order valence-corrected chi connectivity index (χ0v) is 12.8. The van der Waals surface area contributed by atoms with Crippen molar-refractivity contribution in [2.75, 3.05) is 6.54 Å². The van der Waals surface area contributed by atoms with Crippen molar-refractivity contribution < 1.29 is 4.79 Å². The van der Waals surface area contributed by atoms with Crippen molar-refractivity contribution in [1.29, 1.82) is 0 Å². The van der Waals surface area contributed by atoms with Gasteiger partial charge in [0.1, 0.15) is 0 Å². The molecule has 4 heteroatoms. The van der Waals surface area contributed by atoms with Crippen molar-refractivity contribution in [2.24, 2.45) is 4.99 Å². The van der Waals surface area contributed by atoms with E-state index in [4.69, 9.17) is 0 Å². The van der Waals surface area contributed by atoms with Gasteiger partial charge in [-0.15, -0.1) is 0 Å². The minimum absolute atomic E-state index is 0.552. The quantitative estimate of drug-likeness (QED) is 0.511. The third kappa shape index (κ3) is 3.86. The third-order valence-corrected chi connectivity index (χ3v) is 3.77. The zero-order chi connectivity index (χ0) is 15.9. The summed E-state index contributed by atoms with van der Waals surface area (Å²) in [5, 5.41) is 3.90. The minimum atomic E-state index is 0.552. The number of nitrogens with zero attached hydrogens (tertiary/aromatic N) is 1. The number of H-pyrrole nitrogens is 1. The van der Waals surface area contributed by atoms with Gasteiger partial charge in [-0.3, -0.25) is 9.79 Å². The van der Waals surface area contributed by atoms with Gasteiger partial charge >= 0.3 is 0 Å². The maximum atomic E-state index is 10.4. The molecule has 3 rings (SSSR count). The van der Waals surface area contributed by atoms with Gasteiger partial charge in [0.05, 0.1) is 0 Å². The van der Waals surface area contributed by atoms with Crippen LogP contribution in [0.5, 0.6) is 0 Å². The van der Waals surface area contributed by atoms with E-state index in [1.807, 2.05) is 54.9 Å². The lowest BCUT2D eigenvalue weighted by atomic mass is 10.1. The van der Waals surface area contributed by atoms with Gasteiger partial charge in [0.15, 0.2) is 0 Å². The Labute approximate surface area is 135 Å². The summed E-state index contributed by atoms with van der Waals surface area (Å²) in [6.07, 6.45) is 5.56. The van der Waals surface area contributed by atoms with E-state index < -0.39 is 0 Å². The Balaban J connectivity index is 1.67. The summed E-state index contributed by atoms with van der Waals surface area (Å²) in [5.41, 5.74) is 4.58. The van der Waals surface area contributed by atoms with Gasteiger partial charge in [0.2, 0.25) is 6.41 Å². The van der Waals surface area contributed by atoms with E-state index in [2.05, 4.69) is 21.4 Å². The summed E-state index contributed by atoms with van der Waals surface area (Å²) < 4.78 is 0. The molecule has 0 saturated carbocycles. The number of hydrogen-bond acceptors (Lipinski definition) is 2. The summed E-state index contributed by atoms with van der Waals surface area (Å²) in [5.74, 6) is 0. The molecular formula is C19H19N3O. The molecule has 0 spiro atoms. The van der Waals surface area contributed by atoms with E-state index in [0.29, 0.717) is 6.54 Å². The summed E-state index contributed by atoms with van der Waals surface area (Å²) in [7, 11) is 0. The Morgan fingerprint density at radius 1 is 1.13 bits per heavy atom. The first-order chi connectivity index (χ1) is 11.4. The van der Waals surface area contributed by atoms with Gasteiger partial charge in [-0.1, -0.05) is 36.4 Å². The standard InChI is InChI=1S/C19H19N3O/c23-14-21-12-16-6-7-19-18(10-16)17(13-22-19)8-9-20-11-15-4-2-1-3-5-15/h1-7,10-11,13-14,22H,8-9,12H2,(H,21,23). The van der Waals surface area contributed by atoms with Crippen molar-refractivity contribution >= 4 is 23.5 Å². The van der Waals surface area contributed by atoms with Crippen LogP contribution in [-0.2, 0) is 17.8 Å². The first-order valence-electron chi connectivity index (χ1n) is 7.67. The SMILES string of the molecule is O=CNCc1ccc2[nH]cc(CCN=Cc3ccccc3)c2c1. The fourth-order valence-corrected chi connectivity index (χ4v) is 2.60. The molecule has 2 aromatic carbocycles. The number of benzene rings is 2. The predicted octanol–water partition coefficient (Wildman–Crippen LogP) is 3.08. The second kappa shape index (κ2) is 7.40. The molecule has 116 valence electrons. The largest absolute Gasteiger partial charge is 0.361 e. The zero-order valence-electron chi connectivity index (χ0n) is 12.8. The number of carbonyl (C=O) groups excluding carboxylic acids is 1. The molecule has 0 atom stereocenters. The summed E-state index contributed by atoms with van der Waals surface area (Å²) in [6, 6.07) is 16.3. The lowest BCUT2D eigenvalue weighted by Crippen LogP contribution is -2.09. The van der Waals surface area contributed by atoms with E-state index in [9.17, 15) is 4.79 Å². The van der Waals surface area contributed by atoms with Crippen LogP contribution in [0.2, 0.25) is 0 Å². The Hall–Kier alpha value is -2.88. The number of aromatic amines is 1. The highest BCUT2D eigenvalue weighted by Gasteiger charge is 2.04. The van der Waals surface area contributed by atoms with Crippen LogP contribution < -0.4 is 5.32 Å². The van der Waals surface area contributed by atoms with E-state index in [0.717, 1.165) is 36.0 Å². The molecule has 1 amide bonds. The van der Waals surface area contributed by atoms with Crippen molar-refractivity contribution in [3.63, 3.8) is 0 Å². The number of hydrogen-bond donors (Lipinski definition) is 2. The average molecular weight is 305 g/mol. The first kappa shape index (κ1) is 15.0. The summed E-state index contributed by atoms with van der Waals surface area (Å²) in [4.78, 5) is 18.2. The highest BCUT2D eigenvalue weighted by Crippen LogP contribution is 2.20. The van der Waals surface area contributed by atoms with Gasteiger partial charge in [-0.05, 0) is 35.2 Å². The van der Waals surface area contributed by atoms with Crippen molar-refractivity contribution in [1.82, 2.24) is 10.3 Å². The molecule has 23 heavy (non-hydrogen) atoms. The number of aliphatic imine (C=N–C) groups is 1. The lowest BCUT2D eigenvalue weighted by Gasteiger charge is -2.02. The van der Waals surface area contributed by atoms with Crippen LogP contribution in [0.15, 0.2) is 59.7 Å². The average Bonchev–Trinajstić information content (AvgIpc) is 3.00. The summed E-state index contributed by atoms with van der Waals surface area (Å²) in [6.45, 7) is 1.30. The normalized spacial score (nSPS) is 11.1. The molecule has 0 radical (unpaired) electrons. The Kier molecular flexibility index (Phi) is 4.84. The number of aromatic nitrogens is 1. The van der Waals surface area contributed by atoms with Crippen LogP contribution in [0.25, 0.3) is 10.9 Å². The Morgan fingerprint density at radius 2 is 2.00 bits per heavy atom. The molecule has 4 nitrogen and oxygen atoms in total. The maximum absolute atomic E-state index is 10.4. The number of nitrogens with one attached hydrogen (secondary N) is 2. The van der Waals surface area contributed by atoms with Crippen LogP contribution in [0.3, 0.4) is 0 Å². The van der Waals surface area contributed by atoms with Gasteiger partial charge in [0.25, 0.3) is 0 Å². The Bertz CT molecular complexity index is 806. The van der Waals surface area contributed by atoms with Gasteiger partial charge in [-0.2, -0.15) is 0 Å². The van der Waals surface area contributed by atoms with E-state index >= 15 is 0 Å². The maximum Gasteiger partial charge on any atom is 0.207 e. The third-order valence-electron chi connectivity index (χ3n) is 3.77. The molecule has 0 unspecified atom stereocenters. The molecule has 0 aliphatic rings. The van der Waals surface area contributed by atoms with E-state index in [1.54, 1.807) is 0 Å². The molecule has 0 aliphatic carbocycles. The summed E-state index contributed by atoms with van der Waals surface area (Å²) >= 11 is 0. The topological polar surface area (TPSA) is 57.2 Å². The minimum Gasteiger partial charge on any atom is -0.361 e. The number of fused-ring (bicyclic) bond motifs is 1. The molecular weight excluding hydrogens is 286 g/mol. The molecule has 0 fully saturated rings. The molecule has 0 aliphatic heterocycles. The fourth-order valence-electron chi connectivity index (χ4n) is 2.60. The molecule has 1 aromatic heterocycles. The fraction of sp³-hybridized carbons (Fsp3) is 0.158. The first-order valence-corrected chi connectivity index (χ1v) is 7.67. The predicted molar refractivity (Wildman–Crippen MR) is 93.8 cm³/mol. The second-order valence-electron chi connectivity index (χ2n) is 5.39. The number of carbonyl (C=O) groups is 1. The highest BCUT2D eigenvalue weighted by atomic mass is 16.1. The Morgan fingerprint density at radius 3 is 2.83 bits per heavy atom. The monoisotopic (exact) mass is 305 g/mol.